The molecule has 0 aliphatic carbocycles. The van der Waals surface area contributed by atoms with Crippen LogP contribution in [0.1, 0.15) is 25.2 Å². The largest absolute Gasteiger partial charge is 0.356 e. The van der Waals surface area contributed by atoms with Crippen molar-refractivity contribution in [2.24, 2.45) is 0 Å². The maximum atomic E-state index is 11.9. The van der Waals surface area contributed by atoms with Gasteiger partial charge in [-0.1, -0.05) is 16.8 Å². The minimum absolute atomic E-state index is 0.108. The van der Waals surface area contributed by atoms with Crippen molar-refractivity contribution in [1.82, 2.24) is 15.5 Å². The Labute approximate surface area is 171 Å². The molecule has 0 fully saturated rings. The lowest BCUT2D eigenvalue weighted by Gasteiger charge is -2.06. The smallest absolute Gasteiger partial charge is 0.227 e. The number of halogens is 1. The third-order valence-electron chi connectivity index (χ3n) is 3.84. The molecule has 2 N–H and O–H groups in total. The number of hydrogen-bond donors (Lipinski definition) is 2. The van der Waals surface area contributed by atoms with Gasteiger partial charge in [0.25, 0.3) is 0 Å². The van der Waals surface area contributed by atoms with Gasteiger partial charge >= 0.3 is 0 Å². The number of amides is 2. The average Bonchev–Trinajstić information content (AvgIpc) is 3.37. The molecule has 2 aromatic heterocycles. The first-order chi connectivity index (χ1) is 13.6. The van der Waals surface area contributed by atoms with E-state index in [1.54, 1.807) is 35.6 Å². The van der Waals surface area contributed by atoms with Crippen molar-refractivity contribution in [3.8, 4) is 11.4 Å². The summed E-state index contributed by atoms with van der Waals surface area (Å²) in [6.45, 7) is 0.427. The molecule has 0 atom stereocenters. The lowest BCUT2D eigenvalue weighted by molar-refractivity contribution is -0.121. The molecule has 3 aromatic rings. The van der Waals surface area contributed by atoms with Gasteiger partial charge in [0.05, 0.1) is 0 Å². The van der Waals surface area contributed by atoms with Gasteiger partial charge in [0.1, 0.15) is 0 Å². The van der Waals surface area contributed by atoms with E-state index in [1.807, 2.05) is 16.8 Å². The van der Waals surface area contributed by atoms with Crippen molar-refractivity contribution >= 4 is 40.4 Å². The molecule has 0 saturated heterocycles. The summed E-state index contributed by atoms with van der Waals surface area (Å²) < 4.78 is 5.16. The number of anilines is 1. The van der Waals surface area contributed by atoms with Crippen molar-refractivity contribution in [3.05, 3.63) is 52.0 Å². The van der Waals surface area contributed by atoms with Crippen LogP contribution in [0.4, 0.5) is 5.69 Å². The number of nitrogens with zero attached hydrogens (tertiary/aromatic N) is 2. The van der Waals surface area contributed by atoms with Crippen LogP contribution in [0, 0.1) is 0 Å². The summed E-state index contributed by atoms with van der Waals surface area (Å²) in [6.07, 6.45) is 1.49. The molecule has 7 nitrogen and oxygen atoms in total. The van der Waals surface area contributed by atoms with Gasteiger partial charge in [0, 0.05) is 47.5 Å². The first-order valence-corrected chi connectivity index (χ1v) is 10.1. The number of nitrogens with one attached hydrogen (secondary N) is 2. The van der Waals surface area contributed by atoms with Crippen LogP contribution in [0.5, 0.6) is 0 Å². The number of thiophene rings is 1. The third-order valence-corrected chi connectivity index (χ3v) is 4.78. The second-order valence-electron chi connectivity index (χ2n) is 6.03. The Kier molecular flexibility index (Phi) is 7.16. The second kappa shape index (κ2) is 10.0. The molecule has 0 bridgehead atoms. The Hall–Kier alpha value is -2.71. The molecule has 9 heteroatoms. The van der Waals surface area contributed by atoms with E-state index < -0.39 is 0 Å². The zero-order valence-corrected chi connectivity index (χ0v) is 16.6. The van der Waals surface area contributed by atoms with E-state index in [4.69, 9.17) is 16.1 Å². The highest BCUT2D eigenvalue weighted by molar-refractivity contribution is 7.08. The van der Waals surface area contributed by atoms with Gasteiger partial charge in [-0.2, -0.15) is 16.3 Å². The van der Waals surface area contributed by atoms with Gasteiger partial charge in [-0.25, -0.2) is 0 Å². The van der Waals surface area contributed by atoms with Crippen molar-refractivity contribution in [2.75, 3.05) is 11.9 Å². The van der Waals surface area contributed by atoms with Crippen LogP contribution in [0.25, 0.3) is 11.4 Å². The quantitative estimate of drug-likeness (QED) is 0.513. The number of aromatic nitrogens is 2. The normalized spacial score (nSPS) is 10.6. The molecule has 146 valence electrons. The van der Waals surface area contributed by atoms with Gasteiger partial charge in [0.2, 0.25) is 23.5 Å². The summed E-state index contributed by atoms with van der Waals surface area (Å²) in [5.74, 6) is 0.735. The van der Waals surface area contributed by atoms with Gasteiger partial charge in [-0.05, 0) is 42.1 Å². The van der Waals surface area contributed by atoms with E-state index in [0.29, 0.717) is 48.2 Å². The van der Waals surface area contributed by atoms with Crippen LogP contribution in [-0.2, 0) is 16.0 Å². The number of rotatable bonds is 9. The fourth-order valence-corrected chi connectivity index (χ4v) is 3.17. The Balaban J connectivity index is 1.30. The first-order valence-electron chi connectivity index (χ1n) is 8.77. The van der Waals surface area contributed by atoms with E-state index >= 15 is 0 Å². The van der Waals surface area contributed by atoms with Crippen molar-refractivity contribution in [1.29, 1.82) is 0 Å². The van der Waals surface area contributed by atoms with Crippen molar-refractivity contribution in [3.63, 3.8) is 0 Å². The number of hydrogen-bond acceptors (Lipinski definition) is 6. The lowest BCUT2D eigenvalue weighted by Crippen LogP contribution is -2.25. The Bertz CT molecular complexity index is 910. The molecule has 0 saturated carbocycles. The van der Waals surface area contributed by atoms with Gasteiger partial charge < -0.3 is 15.2 Å². The highest BCUT2D eigenvalue weighted by atomic mass is 35.5. The summed E-state index contributed by atoms with van der Waals surface area (Å²) in [6, 6.07) is 8.82. The Morgan fingerprint density at radius 2 is 1.93 bits per heavy atom. The fraction of sp³-hybridized carbons (Fsp3) is 0.263. The Morgan fingerprint density at radius 3 is 2.68 bits per heavy atom. The van der Waals surface area contributed by atoms with Crippen LogP contribution in [-0.4, -0.2) is 28.5 Å². The SMILES string of the molecule is O=C(CCc1nc(-c2ccsc2)no1)NCCCC(=O)Nc1ccc(Cl)cc1. The van der Waals surface area contributed by atoms with Gasteiger partial charge in [0.15, 0.2) is 0 Å². The molecule has 1 aromatic carbocycles. The molecule has 28 heavy (non-hydrogen) atoms. The molecule has 2 amide bonds. The van der Waals surface area contributed by atoms with E-state index in [-0.39, 0.29) is 18.2 Å². The van der Waals surface area contributed by atoms with Crippen molar-refractivity contribution < 1.29 is 14.1 Å². The van der Waals surface area contributed by atoms with E-state index in [9.17, 15) is 9.59 Å². The van der Waals surface area contributed by atoms with Crippen LogP contribution < -0.4 is 10.6 Å². The molecular weight excluding hydrogens is 400 g/mol. The van der Waals surface area contributed by atoms with Crippen LogP contribution >= 0.6 is 22.9 Å². The zero-order chi connectivity index (χ0) is 19.8. The summed E-state index contributed by atoms with van der Waals surface area (Å²) in [4.78, 5) is 28.1. The topological polar surface area (TPSA) is 97.1 Å². The molecular formula is C19H19ClN4O3S. The summed E-state index contributed by atoms with van der Waals surface area (Å²) in [5, 5.41) is 14.0. The van der Waals surface area contributed by atoms with E-state index in [1.165, 1.54) is 0 Å². The van der Waals surface area contributed by atoms with E-state index in [2.05, 4.69) is 20.8 Å². The molecule has 3 rings (SSSR count). The molecule has 0 spiro atoms. The molecule has 0 unspecified atom stereocenters. The van der Waals surface area contributed by atoms with Crippen molar-refractivity contribution in [2.45, 2.75) is 25.7 Å². The summed E-state index contributed by atoms with van der Waals surface area (Å²) in [5.41, 5.74) is 1.60. The maximum absolute atomic E-state index is 11.9. The lowest BCUT2D eigenvalue weighted by atomic mass is 10.2. The zero-order valence-electron chi connectivity index (χ0n) is 15.0. The highest BCUT2D eigenvalue weighted by Gasteiger charge is 2.11. The monoisotopic (exact) mass is 418 g/mol. The number of aryl methyl sites for hydroxylation is 1. The molecule has 0 aliphatic heterocycles. The van der Waals surface area contributed by atoms with Crippen LogP contribution in [0.2, 0.25) is 5.02 Å². The highest BCUT2D eigenvalue weighted by Crippen LogP contribution is 2.19. The summed E-state index contributed by atoms with van der Waals surface area (Å²) >= 11 is 7.36. The summed E-state index contributed by atoms with van der Waals surface area (Å²) in [7, 11) is 0. The number of carbonyl (C=O) groups is 2. The molecule has 0 aliphatic rings. The number of benzene rings is 1. The van der Waals surface area contributed by atoms with Crippen LogP contribution in [0.3, 0.4) is 0 Å². The van der Waals surface area contributed by atoms with Gasteiger partial charge in [-0.15, -0.1) is 0 Å². The second-order valence-corrected chi connectivity index (χ2v) is 7.25. The number of carbonyl (C=O) groups excluding carboxylic acids is 2. The predicted octanol–water partition coefficient (Wildman–Crippen LogP) is 3.92. The molecule has 0 radical (unpaired) electrons. The minimum atomic E-state index is -0.117. The van der Waals surface area contributed by atoms with E-state index in [0.717, 1.165) is 5.56 Å². The Morgan fingerprint density at radius 1 is 1.11 bits per heavy atom. The molecule has 2 heterocycles. The van der Waals surface area contributed by atoms with Gasteiger partial charge in [-0.3, -0.25) is 9.59 Å². The standard InChI is InChI=1S/C19H19ClN4O3S/c20-14-3-5-15(6-4-14)22-17(26)2-1-10-21-16(25)7-8-18-23-19(24-27-18)13-9-11-28-12-13/h3-6,9,11-12H,1-2,7-8,10H2,(H,21,25)(H,22,26). The maximum Gasteiger partial charge on any atom is 0.227 e. The average molecular weight is 419 g/mol. The third kappa shape index (κ3) is 6.17. The first kappa shape index (κ1) is 20.0. The fourth-order valence-electron chi connectivity index (χ4n) is 2.41. The predicted molar refractivity (Wildman–Crippen MR) is 108 cm³/mol. The van der Waals surface area contributed by atoms with Crippen LogP contribution in [0.15, 0.2) is 45.6 Å². The minimum Gasteiger partial charge on any atom is -0.356 e.